The number of aryl methyl sites for hydroxylation is 2. The maximum atomic E-state index is 13.2. The lowest BCUT2D eigenvalue weighted by atomic mass is 9.78. The number of hydrogen-bond acceptors (Lipinski definition) is 5. The van der Waals surface area contributed by atoms with Crippen LogP contribution < -0.4 is 5.32 Å². The van der Waals surface area contributed by atoms with E-state index in [0.29, 0.717) is 17.1 Å². The summed E-state index contributed by atoms with van der Waals surface area (Å²) in [4.78, 5) is 18.6. The minimum absolute atomic E-state index is 0.207. The largest absolute Gasteiger partial charge is 0.298 e. The Hall–Kier alpha value is -1.51. The number of thiazole rings is 1. The van der Waals surface area contributed by atoms with Crippen LogP contribution in [0.1, 0.15) is 51.1 Å². The van der Waals surface area contributed by atoms with Crippen LogP contribution >= 0.6 is 11.3 Å². The Morgan fingerprint density at radius 3 is 2.25 bits per heavy atom. The van der Waals surface area contributed by atoms with Crippen molar-refractivity contribution in [1.82, 2.24) is 9.29 Å². The average molecular weight is 426 g/mol. The van der Waals surface area contributed by atoms with E-state index in [4.69, 9.17) is 0 Å². The molecule has 1 N–H and O–H groups in total. The summed E-state index contributed by atoms with van der Waals surface area (Å²) >= 11 is 1.45. The van der Waals surface area contributed by atoms with Gasteiger partial charge in [0.2, 0.25) is 10.0 Å². The van der Waals surface area contributed by atoms with Crippen molar-refractivity contribution in [3.8, 4) is 0 Å². The topological polar surface area (TPSA) is 79.4 Å². The second-order valence-electron chi connectivity index (χ2n) is 7.62. The first-order chi connectivity index (χ1) is 12.9. The van der Waals surface area contributed by atoms with Crippen LogP contribution in [0.25, 0.3) is 0 Å². The van der Waals surface area contributed by atoms with Crippen LogP contribution in [0.4, 0.5) is 5.13 Å². The lowest BCUT2D eigenvalue weighted by Gasteiger charge is -2.35. The van der Waals surface area contributed by atoms with Gasteiger partial charge in [0.05, 0.1) is 5.69 Å². The molecule has 156 valence electrons. The molecule has 0 aromatic carbocycles. The van der Waals surface area contributed by atoms with Gasteiger partial charge < -0.3 is 0 Å². The van der Waals surface area contributed by atoms with E-state index in [2.05, 4.69) is 10.3 Å². The Morgan fingerprint density at radius 1 is 1.18 bits per heavy atom. The molecule has 2 atom stereocenters. The summed E-state index contributed by atoms with van der Waals surface area (Å²) in [5, 5.41) is 2.85. The molecule has 0 radical (unpaired) electrons. The van der Waals surface area contributed by atoms with Crippen molar-refractivity contribution in [1.29, 1.82) is 0 Å². The van der Waals surface area contributed by atoms with E-state index in [0.717, 1.165) is 33.7 Å². The Bertz CT molecular complexity index is 920. The van der Waals surface area contributed by atoms with Gasteiger partial charge in [-0.25, -0.2) is 17.7 Å². The Kier molecular flexibility index (Phi) is 6.89. The molecular weight excluding hydrogens is 394 g/mol. The van der Waals surface area contributed by atoms with Crippen LogP contribution in [0.2, 0.25) is 0 Å². The Balaban J connectivity index is 2.53. The van der Waals surface area contributed by atoms with Gasteiger partial charge in [-0.2, -0.15) is 0 Å². The number of carbonyl (C=O) groups excluding carboxylic acids is 1. The molecule has 2 unspecified atom stereocenters. The molecular formula is C20H31N3O3S2. The van der Waals surface area contributed by atoms with Crippen LogP contribution in [0.3, 0.4) is 0 Å². The van der Waals surface area contributed by atoms with Gasteiger partial charge in [0.15, 0.2) is 5.13 Å². The van der Waals surface area contributed by atoms with E-state index in [1.54, 1.807) is 14.1 Å². The third-order valence-electron chi connectivity index (χ3n) is 5.54. The number of hydrogen-bond donors (Lipinski definition) is 1. The lowest BCUT2D eigenvalue weighted by Crippen LogP contribution is -2.42. The number of sulfonamides is 1. The molecule has 1 amide bonds. The second-order valence-corrected chi connectivity index (χ2v) is 11.1. The highest BCUT2D eigenvalue weighted by atomic mass is 32.2. The zero-order valence-corrected chi connectivity index (χ0v) is 19.6. The maximum absolute atomic E-state index is 13.2. The molecule has 1 aromatic rings. The zero-order chi connectivity index (χ0) is 21.4. The second kappa shape index (κ2) is 8.47. The van der Waals surface area contributed by atoms with Crippen molar-refractivity contribution in [2.45, 2.75) is 59.6 Å². The molecule has 1 heterocycles. The Labute approximate surface area is 172 Å². The van der Waals surface area contributed by atoms with E-state index in [1.165, 1.54) is 15.6 Å². The smallest absolute Gasteiger partial charge is 0.257 e. The van der Waals surface area contributed by atoms with Crippen LogP contribution in [0.5, 0.6) is 0 Å². The first-order valence-corrected chi connectivity index (χ1v) is 11.8. The molecule has 0 saturated heterocycles. The fraction of sp³-hybridized carbons (Fsp3) is 0.600. The van der Waals surface area contributed by atoms with Gasteiger partial charge in [0.25, 0.3) is 5.91 Å². The summed E-state index contributed by atoms with van der Waals surface area (Å²) < 4.78 is 27.2. The molecule has 6 nitrogen and oxygen atoms in total. The van der Waals surface area contributed by atoms with Crippen molar-refractivity contribution in [2.24, 2.45) is 5.92 Å². The van der Waals surface area contributed by atoms with E-state index in [1.807, 2.05) is 41.5 Å². The quantitative estimate of drug-likeness (QED) is 0.746. The highest BCUT2D eigenvalue weighted by Gasteiger charge is 2.41. The van der Waals surface area contributed by atoms with Gasteiger partial charge in [-0.15, -0.1) is 11.3 Å². The van der Waals surface area contributed by atoms with Crippen molar-refractivity contribution in [3.05, 3.63) is 32.9 Å². The molecule has 0 spiro atoms. The molecule has 8 heteroatoms. The highest BCUT2D eigenvalue weighted by Crippen LogP contribution is 2.41. The van der Waals surface area contributed by atoms with Gasteiger partial charge in [0, 0.05) is 24.5 Å². The van der Waals surface area contributed by atoms with Crippen LogP contribution in [-0.4, -0.2) is 43.0 Å². The normalized spacial score (nSPS) is 20.9. The van der Waals surface area contributed by atoms with E-state index < -0.39 is 15.3 Å². The van der Waals surface area contributed by atoms with Gasteiger partial charge in [-0.1, -0.05) is 25.8 Å². The molecule has 1 aliphatic rings. The summed E-state index contributed by atoms with van der Waals surface area (Å²) in [6.45, 7) is 11.5. The van der Waals surface area contributed by atoms with E-state index in [-0.39, 0.29) is 11.8 Å². The standard InChI is InChI=1S/C20H31N3O3S2/c1-9-10-16-13(4)18(28(25,26)23(7)8)12(3)11(2)17(16)19(24)22-20-21-14(5)15(6)27-20/h12,18H,9-10H2,1-8H3,(H,21,22,24). The monoisotopic (exact) mass is 425 g/mol. The van der Waals surface area contributed by atoms with E-state index >= 15 is 0 Å². The zero-order valence-electron chi connectivity index (χ0n) is 18.0. The molecule has 1 aliphatic carbocycles. The summed E-state index contributed by atoms with van der Waals surface area (Å²) in [6.07, 6.45) is 1.49. The minimum atomic E-state index is -3.49. The fourth-order valence-electron chi connectivity index (χ4n) is 3.72. The number of allylic oxidation sites excluding steroid dienone is 1. The molecule has 0 saturated carbocycles. The van der Waals surface area contributed by atoms with Crippen molar-refractivity contribution >= 4 is 32.4 Å². The third-order valence-corrected chi connectivity index (χ3v) is 8.95. The first kappa shape index (κ1) is 22.8. The molecule has 1 aromatic heterocycles. The number of aromatic nitrogens is 1. The van der Waals surface area contributed by atoms with Gasteiger partial charge in [-0.3, -0.25) is 10.1 Å². The molecule has 28 heavy (non-hydrogen) atoms. The van der Waals surface area contributed by atoms with Crippen LogP contribution in [-0.2, 0) is 14.8 Å². The predicted octanol–water partition coefficient (Wildman–Crippen LogP) is 4.04. The number of anilines is 1. The molecule has 0 aliphatic heterocycles. The fourth-order valence-corrected chi connectivity index (χ4v) is 6.29. The van der Waals surface area contributed by atoms with Gasteiger partial charge in [-0.05, 0) is 51.2 Å². The van der Waals surface area contributed by atoms with Crippen LogP contribution in [0, 0.1) is 19.8 Å². The van der Waals surface area contributed by atoms with Crippen molar-refractivity contribution < 1.29 is 13.2 Å². The number of amides is 1. The summed E-state index contributed by atoms with van der Waals surface area (Å²) in [6, 6.07) is 0. The number of rotatable bonds is 6. The van der Waals surface area contributed by atoms with Gasteiger partial charge >= 0.3 is 0 Å². The SMILES string of the molecule is CCCC1=C(C)C(S(=O)(=O)N(C)C)C(C)C(C)=C1C(=O)Nc1nc(C)c(C)s1. The number of nitrogens with one attached hydrogen (secondary N) is 1. The summed E-state index contributed by atoms with van der Waals surface area (Å²) in [5.74, 6) is -0.491. The Morgan fingerprint density at radius 2 is 1.79 bits per heavy atom. The molecule has 2 rings (SSSR count). The van der Waals surface area contributed by atoms with E-state index in [9.17, 15) is 13.2 Å². The lowest BCUT2D eigenvalue weighted by molar-refractivity contribution is -0.112. The molecule has 0 fully saturated rings. The maximum Gasteiger partial charge on any atom is 0.257 e. The first-order valence-electron chi connectivity index (χ1n) is 9.50. The van der Waals surface area contributed by atoms with Crippen LogP contribution in [0.15, 0.2) is 22.3 Å². The summed E-state index contributed by atoms with van der Waals surface area (Å²) in [5.41, 5.74) is 3.94. The van der Waals surface area contributed by atoms with Crippen molar-refractivity contribution in [2.75, 3.05) is 19.4 Å². The van der Waals surface area contributed by atoms with Gasteiger partial charge in [0.1, 0.15) is 5.25 Å². The average Bonchev–Trinajstić information content (AvgIpc) is 2.90. The highest BCUT2D eigenvalue weighted by molar-refractivity contribution is 7.89. The number of nitrogens with zero attached hydrogens (tertiary/aromatic N) is 2. The molecule has 0 bridgehead atoms. The van der Waals surface area contributed by atoms with Crippen molar-refractivity contribution in [3.63, 3.8) is 0 Å². The predicted molar refractivity (Wildman–Crippen MR) is 116 cm³/mol. The third kappa shape index (κ3) is 4.09. The minimum Gasteiger partial charge on any atom is -0.298 e. The summed E-state index contributed by atoms with van der Waals surface area (Å²) in [7, 11) is -0.376. The number of carbonyl (C=O) groups is 1.